The zero-order valence-corrected chi connectivity index (χ0v) is 12.2. The van der Waals surface area contributed by atoms with E-state index >= 15 is 0 Å². The average Bonchev–Trinajstić information content (AvgIpc) is 2.43. The third-order valence-electron chi connectivity index (χ3n) is 3.00. The lowest BCUT2D eigenvalue weighted by Crippen LogP contribution is -2.09. The highest BCUT2D eigenvalue weighted by Crippen LogP contribution is 2.24. The molecule has 0 radical (unpaired) electrons. The van der Waals surface area contributed by atoms with Crippen LogP contribution in [0.3, 0.4) is 0 Å². The summed E-state index contributed by atoms with van der Waals surface area (Å²) >= 11 is 0. The molecule has 1 N–H and O–H groups in total. The largest absolute Gasteiger partial charge is 0.301 e. The van der Waals surface area contributed by atoms with Crippen molar-refractivity contribution in [3.05, 3.63) is 63.5 Å². The Labute approximate surface area is 123 Å². The summed E-state index contributed by atoms with van der Waals surface area (Å²) in [5.41, 5.74) is 2.04. The van der Waals surface area contributed by atoms with Crippen molar-refractivity contribution in [1.29, 1.82) is 0 Å². The first-order chi connectivity index (χ1) is 9.90. The Hall–Kier alpha value is -2.28. The van der Waals surface area contributed by atoms with Crippen LogP contribution in [0.4, 0.5) is 15.8 Å². The molecule has 110 valence electrons. The molecule has 0 heterocycles. The maximum Gasteiger partial charge on any atom is 0.270 e. The number of hydrogen-bond donors (Lipinski definition) is 1. The highest BCUT2D eigenvalue weighted by atomic mass is 32.2. The zero-order chi connectivity index (χ0) is 15.6. The number of rotatable bonds is 4. The maximum absolute atomic E-state index is 13.7. The SMILES string of the molecule is Cc1cccc(C)c1NS(=O)c1cc([N+](=O)[O-])ccc1F. The molecule has 2 aromatic carbocycles. The monoisotopic (exact) mass is 308 g/mol. The Balaban J connectivity index is 2.37. The van der Waals surface area contributed by atoms with E-state index in [0.29, 0.717) is 5.69 Å². The second-order valence-electron chi connectivity index (χ2n) is 4.51. The van der Waals surface area contributed by atoms with Crippen LogP contribution in [0.15, 0.2) is 41.3 Å². The minimum Gasteiger partial charge on any atom is -0.301 e. The van der Waals surface area contributed by atoms with Crippen LogP contribution in [0.25, 0.3) is 0 Å². The quantitative estimate of drug-likeness (QED) is 0.694. The Bertz CT molecular complexity index is 714. The molecule has 0 saturated heterocycles. The van der Waals surface area contributed by atoms with Crippen molar-refractivity contribution in [2.24, 2.45) is 0 Å². The molecule has 1 unspecified atom stereocenters. The van der Waals surface area contributed by atoms with Crippen LogP contribution >= 0.6 is 0 Å². The van der Waals surface area contributed by atoms with Gasteiger partial charge >= 0.3 is 0 Å². The van der Waals surface area contributed by atoms with Gasteiger partial charge in [0.1, 0.15) is 10.7 Å². The minimum absolute atomic E-state index is 0.244. The van der Waals surface area contributed by atoms with E-state index in [1.165, 1.54) is 0 Å². The van der Waals surface area contributed by atoms with Gasteiger partial charge in [-0.05, 0) is 31.0 Å². The predicted octanol–water partition coefficient (Wildman–Crippen LogP) is 3.49. The summed E-state index contributed by atoms with van der Waals surface area (Å²) in [7, 11) is -1.92. The van der Waals surface area contributed by atoms with Gasteiger partial charge in [0.05, 0.1) is 10.6 Å². The van der Waals surface area contributed by atoms with E-state index in [1.807, 2.05) is 32.0 Å². The van der Waals surface area contributed by atoms with Crippen LogP contribution < -0.4 is 4.72 Å². The number of aryl methyl sites for hydroxylation is 2. The van der Waals surface area contributed by atoms with Gasteiger partial charge in [-0.2, -0.15) is 0 Å². The van der Waals surface area contributed by atoms with Gasteiger partial charge in [0.25, 0.3) is 5.69 Å². The number of para-hydroxylation sites is 1. The van der Waals surface area contributed by atoms with E-state index in [9.17, 15) is 18.7 Å². The van der Waals surface area contributed by atoms with Crippen molar-refractivity contribution in [2.45, 2.75) is 18.7 Å². The van der Waals surface area contributed by atoms with Gasteiger partial charge in [0.15, 0.2) is 11.0 Å². The van der Waals surface area contributed by atoms with Crippen LogP contribution in [0.1, 0.15) is 11.1 Å². The molecule has 0 aromatic heterocycles. The van der Waals surface area contributed by atoms with Crippen LogP contribution in [0, 0.1) is 29.8 Å². The number of nitrogens with one attached hydrogen (secondary N) is 1. The number of halogens is 1. The fraction of sp³-hybridized carbons (Fsp3) is 0.143. The normalized spacial score (nSPS) is 12.0. The van der Waals surface area contributed by atoms with Crippen LogP contribution in [-0.2, 0) is 11.0 Å². The molecular weight excluding hydrogens is 295 g/mol. The fourth-order valence-electron chi connectivity index (χ4n) is 1.87. The van der Waals surface area contributed by atoms with Crippen molar-refractivity contribution >= 4 is 22.4 Å². The topological polar surface area (TPSA) is 72.2 Å². The molecule has 0 fully saturated rings. The molecule has 0 aliphatic rings. The second-order valence-corrected chi connectivity index (χ2v) is 5.69. The van der Waals surface area contributed by atoms with Gasteiger partial charge in [-0.3, -0.25) is 10.1 Å². The molecule has 21 heavy (non-hydrogen) atoms. The van der Waals surface area contributed by atoms with Gasteiger partial charge in [-0.15, -0.1) is 0 Å². The van der Waals surface area contributed by atoms with Crippen molar-refractivity contribution in [3.63, 3.8) is 0 Å². The van der Waals surface area contributed by atoms with Crippen LogP contribution in [0.5, 0.6) is 0 Å². The first kappa shape index (κ1) is 15.1. The molecule has 2 aromatic rings. The molecular formula is C14H13FN2O3S. The number of anilines is 1. The summed E-state index contributed by atoms with van der Waals surface area (Å²) in [6.45, 7) is 3.66. The Morgan fingerprint density at radius 2 is 1.81 bits per heavy atom. The lowest BCUT2D eigenvalue weighted by molar-refractivity contribution is -0.385. The average molecular weight is 308 g/mol. The van der Waals surface area contributed by atoms with Gasteiger partial charge in [-0.1, -0.05) is 18.2 Å². The summed E-state index contributed by atoms with van der Waals surface area (Å²) < 4.78 is 28.7. The third-order valence-corrected chi connectivity index (χ3v) is 4.10. The summed E-state index contributed by atoms with van der Waals surface area (Å²) in [5.74, 6) is -0.752. The molecule has 0 spiro atoms. The lowest BCUT2D eigenvalue weighted by Gasteiger charge is -2.12. The van der Waals surface area contributed by atoms with Gasteiger partial charge < -0.3 is 4.72 Å². The summed E-state index contributed by atoms with van der Waals surface area (Å²) in [6, 6.07) is 8.47. The van der Waals surface area contributed by atoms with E-state index in [0.717, 1.165) is 29.3 Å². The molecule has 2 rings (SSSR count). The molecule has 0 saturated carbocycles. The number of hydrogen-bond acceptors (Lipinski definition) is 3. The van der Waals surface area contributed by atoms with Crippen molar-refractivity contribution < 1.29 is 13.5 Å². The molecule has 0 bridgehead atoms. The Morgan fingerprint density at radius 3 is 2.38 bits per heavy atom. The standard InChI is InChI=1S/C14H13FN2O3S/c1-9-4-3-5-10(2)14(9)16-21(20)13-8-11(17(18)19)6-7-12(13)15/h3-8,16H,1-2H3. The Morgan fingerprint density at radius 1 is 1.19 bits per heavy atom. The number of benzene rings is 2. The summed E-state index contributed by atoms with van der Waals surface area (Å²) in [5, 5.41) is 10.7. The minimum atomic E-state index is -1.92. The molecule has 1 atom stereocenters. The van der Waals surface area contributed by atoms with Crippen LogP contribution in [-0.4, -0.2) is 9.13 Å². The lowest BCUT2D eigenvalue weighted by atomic mass is 10.1. The highest BCUT2D eigenvalue weighted by molar-refractivity contribution is 7.86. The first-order valence-electron chi connectivity index (χ1n) is 6.08. The zero-order valence-electron chi connectivity index (χ0n) is 11.4. The first-order valence-corrected chi connectivity index (χ1v) is 7.23. The molecule has 5 nitrogen and oxygen atoms in total. The molecule has 7 heteroatoms. The van der Waals surface area contributed by atoms with Crippen molar-refractivity contribution in [2.75, 3.05) is 4.72 Å². The molecule has 0 aliphatic heterocycles. The van der Waals surface area contributed by atoms with E-state index in [-0.39, 0.29) is 10.6 Å². The molecule has 0 aliphatic carbocycles. The van der Waals surface area contributed by atoms with E-state index in [1.54, 1.807) is 0 Å². The van der Waals surface area contributed by atoms with Crippen molar-refractivity contribution in [1.82, 2.24) is 0 Å². The summed E-state index contributed by atoms with van der Waals surface area (Å²) in [6.07, 6.45) is 0. The second kappa shape index (κ2) is 6.01. The number of non-ortho nitro benzene ring substituents is 1. The maximum atomic E-state index is 13.7. The number of nitro groups is 1. The van der Waals surface area contributed by atoms with Gasteiger partial charge in [0, 0.05) is 12.1 Å². The Kier molecular flexibility index (Phi) is 4.32. The number of nitro benzene ring substituents is 1. The molecule has 0 amide bonds. The third kappa shape index (κ3) is 3.25. The van der Waals surface area contributed by atoms with E-state index < -0.39 is 21.7 Å². The highest BCUT2D eigenvalue weighted by Gasteiger charge is 2.17. The predicted molar refractivity (Wildman–Crippen MR) is 79.0 cm³/mol. The van der Waals surface area contributed by atoms with Gasteiger partial charge in [-0.25, -0.2) is 8.60 Å². The van der Waals surface area contributed by atoms with Crippen LogP contribution in [0.2, 0.25) is 0 Å². The smallest absolute Gasteiger partial charge is 0.270 e. The van der Waals surface area contributed by atoms with Gasteiger partial charge in [0.2, 0.25) is 0 Å². The van der Waals surface area contributed by atoms with E-state index in [2.05, 4.69) is 4.72 Å². The summed E-state index contributed by atoms with van der Waals surface area (Å²) in [4.78, 5) is 9.82. The van der Waals surface area contributed by atoms with Crippen molar-refractivity contribution in [3.8, 4) is 0 Å². The number of nitrogens with zero attached hydrogens (tertiary/aromatic N) is 1. The van der Waals surface area contributed by atoms with E-state index in [4.69, 9.17) is 0 Å². The fourth-order valence-corrected chi connectivity index (χ4v) is 2.96.